The Morgan fingerprint density at radius 3 is 2.79 bits per heavy atom. The SMILES string of the molecule is CCCn1ncnc1Cn1c(=O)c(I)cn(C)c1=O. The molecule has 0 bridgehead atoms. The molecule has 102 valence electrons. The van der Waals surface area contributed by atoms with Gasteiger partial charge < -0.3 is 4.57 Å². The Labute approximate surface area is 123 Å². The van der Waals surface area contributed by atoms with Crippen LogP contribution in [-0.2, 0) is 20.1 Å². The number of hydrogen-bond acceptors (Lipinski definition) is 4. The molecule has 8 heteroatoms. The van der Waals surface area contributed by atoms with Crippen molar-refractivity contribution in [2.45, 2.75) is 26.4 Å². The van der Waals surface area contributed by atoms with Crippen LogP contribution in [0.3, 0.4) is 0 Å². The van der Waals surface area contributed by atoms with Gasteiger partial charge in [-0.25, -0.2) is 14.5 Å². The first kappa shape index (κ1) is 14.0. The van der Waals surface area contributed by atoms with Crippen molar-refractivity contribution in [3.8, 4) is 0 Å². The Morgan fingerprint density at radius 2 is 2.11 bits per heavy atom. The van der Waals surface area contributed by atoms with Gasteiger partial charge in [0.05, 0.1) is 10.1 Å². The molecule has 19 heavy (non-hydrogen) atoms. The van der Waals surface area contributed by atoms with Crippen LogP contribution in [0, 0.1) is 3.57 Å². The van der Waals surface area contributed by atoms with E-state index in [2.05, 4.69) is 10.1 Å². The molecular weight excluding hydrogens is 361 g/mol. The average molecular weight is 375 g/mol. The average Bonchev–Trinajstić information content (AvgIpc) is 2.80. The molecule has 2 aromatic rings. The maximum atomic E-state index is 12.0. The van der Waals surface area contributed by atoms with Crippen molar-refractivity contribution in [3.05, 3.63) is 42.8 Å². The van der Waals surface area contributed by atoms with Gasteiger partial charge in [0.1, 0.15) is 12.2 Å². The number of hydrogen-bond donors (Lipinski definition) is 0. The van der Waals surface area contributed by atoms with Gasteiger partial charge in [-0.2, -0.15) is 5.10 Å². The van der Waals surface area contributed by atoms with Gasteiger partial charge >= 0.3 is 5.69 Å². The van der Waals surface area contributed by atoms with Gasteiger partial charge in [0.15, 0.2) is 0 Å². The maximum absolute atomic E-state index is 12.0. The molecule has 0 saturated heterocycles. The molecule has 2 heterocycles. The van der Waals surface area contributed by atoms with E-state index in [9.17, 15) is 9.59 Å². The van der Waals surface area contributed by atoms with Gasteiger partial charge in [-0.1, -0.05) is 6.92 Å². The molecule has 0 aliphatic heterocycles. The van der Waals surface area contributed by atoms with E-state index in [0.29, 0.717) is 15.9 Å². The van der Waals surface area contributed by atoms with E-state index in [1.807, 2.05) is 29.5 Å². The van der Waals surface area contributed by atoms with Crippen molar-refractivity contribution in [1.29, 1.82) is 0 Å². The standard InChI is InChI=1S/C11H14IN5O2/c1-3-4-17-9(13-7-14-17)6-16-10(18)8(12)5-15(2)11(16)19/h5,7H,3-4,6H2,1-2H3. The summed E-state index contributed by atoms with van der Waals surface area (Å²) < 4.78 is 4.79. The van der Waals surface area contributed by atoms with Crippen LogP contribution >= 0.6 is 22.6 Å². The summed E-state index contributed by atoms with van der Waals surface area (Å²) in [7, 11) is 1.62. The summed E-state index contributed by atoms with van der Waals surface area (Å²) in [6.45, 7) is 2.89. The quantitative estimate of drug-likeness (QED) is 0.716. The summed E-state index contributed by atoms with van der Waals surface area (Å²) in [6, 6.07) is 0. The Balaban J connectivity index is 2.47. The summed E-state index contributed by atoms with van der Waals surface area (Å²) >= 11 is 1.92. The molecule has 0 saturated carbocycles. The van der Waals surface area contributed by atoms with Gasteiger partial charge in [-0.05, 0) is 29.0 Å². The highest BCUT2D eigenvalue weighted by atomic mass is 127. The predicted molar refractivity (Wildman–Crippen MR) is 78.1 cm³/mol. The van der Waals surface area contributed by atoms with Crippen molar-refractivity contribution in [1.82, 2.24) is 23.9 Å². The summed E-state index contributed by atoms with van der Waals surface area (Å²) in [4.78, 5) is 28.1. The van der Waals surface area contributed by atoms with Crippen molar-refractivity contribution in [2.24, 2.45) is 7.05 Å². The zero-order valence-corrected chi connectivity index (χ0v) is 12.9. The smallest absolute Gasteiger partial charge is 0.302 e. The third-order valence-corrected chi connectivity index (χ3v) is 3.46. The lowest BCUT2D eigenvalue weighted by Gasteiger charge is -2.08. The predicted octanol–water partition coefficient (Wildman–Crippen LogP) is 0.201. The molecule has 0 fully saturated rings. The fourth-order valence-electron chi connectivity index (χ4n) is 1.78. The topological polar surface area (TPSA) is 74.7 Å². The Morgan fingerprint density at radius 1 is 1.37 bits per heavy atom. The van der Waals surface area contributed by atoms with Gasteiger partial charge in [0, 0.05) is 19.8 Å². The van der Waals surface area contributed by atoms with Gasteiger partial charge in [-0.3, -0.25) is 9.36 Å². The lowest BCUT2D eigenvalue weighted by atomic mass is 10.4. The van der Waals surface area contributed by atoms with Crippen molar-refractivity contribution < 1.29 is 0 Å². The van der Waals surface area contributed by atoms with Crippen LogP contribution in [0.25, 0.3) is 0 Å². The third kappa shape index (κ3) is 2.77. The van der Waals surface area contributed by atoms with Crippen LogP contribution in [-0.4, -0.2) is 23.9 Å². The largest absolute Gasteiger partial charge is 0.331 e. The zero-order valence-electron chi connectivity index (χ0n) is 10.7. The molecule has 0 amide bonds. The highest BCUT2D eigenvalue weighted by Crippen LogP contribution is 1.99. The van der Waals surface area contributed by atoms with Crippen LogP contribution in [0.1, 0.15) is 19.2 Å². The molecule has 7 nitrogen and oxygen atoms in total. The number of rotatable bonds is 4. The van der Waals surface area contributed by atoms with E-state index < -0.39 is 0 Å². The second kappa shape index (κ2) is 5.68. The molecule has 0 spiro atoms. The molecule has 0 unspecified atom stereocenters. The molecule has 0 radical (unpaired) electrons. The first-order chi connectivity index (χ1) is 9.04. The molecule has 0 atom stereocenters. The highest BCUT2D eigenvalue weighted by Gasteiger charge is 2.11. The van der Waals surface area contributed by atoms with Gasteiger partial charge in [0.2, 0.25) is 0 Å². The Kier molecular flexibility index (Phi) is 4.17. The molecule has 0 aromatic carbocycles. The molecule has 2 aromatic heterocycles. The first-order valence-corrected chi connectivity index (χ1v) is 6.95. The minimum atomic E-state index is -0.350. The number of nitrogens with zero attached hydrogens (tertiary/aromatic N) is 5. The first-order valence-electron chi connectivity index (χ1n) is 5.87. The monoisotopic (exact) mass is 375 g/mol. The fraction of sp³-hybridized carbons (Fsp3) is 0.455. The van der Waals surface area contributed by atoms with Gasteiger partial charge in [0.25, 0.3) is 5.56 Å². The zero-order chi connectivity index (χ0) is 14.0. The Hall–Kier alpha value is -1.45. The lowest BCUT2D eigenvalue weighted by molar-refractivity contribution is 0.534. The van der Waals surface area contributed by atoms with E-state index in [0.717, 1.165) is 6.42 Å². The molecule has 0 aliphatic carbocycles. The van der Waals surface area contributed by atoms with Crippen LogP contribution < -0.4 is 11.2 Å². The minimum Gasteiger partial charge on any atom is -0.302 e. The number of aromatic nitrogens is 5. The molecule has 0 aliphatic rings. The summed E-state index contributed by atoms with van der Waals surface area (Å²) in [6.07, 6.45) is 3.88. The minimum absolute atomic E-state index is 0.141. The normalized spacial score (nSPS) is 10.9. The second-order valence-corrected chi connectivity index (χ2v) is 5.32. The maximum Gasteiger partial charge on any atom is 0.331 e. The summed E-state index contributed by atoms with van der Waals surface area (Å²) in [5, 5.41) is 4.09. The molecule has 0 N–H and O–H groups in total. The molecule has 2 rings (SSSR count). The Bertz CT molecular complexity index is 666. The summed E-state index contributed by atoms with van der Waals surface area (Å²) in [5.41, 5.74) is -0.647. The van der Waals surface area contributed by atoms with Crippen molar-refractivity contribution >= 4 is 22.6 Å². The van der Waals surface area contributed by atoms with Crippen LogP contribution in [0.15, 0.2) is 22.1 Å². The van der Waals surface area contributed by atoms with E-state index >= 15 is 0 Å². The molecular formula is C11H14IN5O2. The van der Waals surface area contributed by atoms with E-state index in [1.54, 1.807) is 11.7 Å². The van der Waals surface area contributed by atoms with E-state index in [4.69, 9.17) is 0 Å². The van der Waals surface area contributed by atoms with Gasteiger partial charge in [-0.15, -0.1) is 0 Å². The lowest BCUT2D eigenvalue weighted by Crippen LogP contribution is -2.40. The highest BCUT2D eigenvalue weighted by molar-refractivity contribution is 14.1. The number of halogens is 1. The van der Waals surface area contributed by atoms with E-state index in [-0.39, 0.29) is 17.8 Å². The van der Waals surface area contributed by atoms with Crippen molar-refractivity contribution in [3.63, 3.8) is 0 Å². The van der Waals surface area contributed by atoms with Crippen LogP contribution in [0.2, 0.25) is 0 Å². The van der Waals surface area contributed by atoms with Crippen LogP contribution in [0.4, 0.5) is 0 Å². The number of aryl methyl sites for hydroxylation is 2. The van der Waals surface area contributed by atoms with Crippen LogP contribution in [0.5, 0.6) is 0 Å². The fourth-order valence-corrected chi connectivity index (χ4v) is 2.49. The summed E-state index contributed by atoms with van der Waals surface area (Å²) in [5.74, 6) is 0.614. The van der Waals surface area contributed by atoms with Crippen molar-refractivity contribution in [2.75, 3.05) is 0 Å². The second-order valence-electron chi connectivity index (χ2n) is 4.16. The third-order valence-electron chi connectivity index (χ3n) is 2.72. The van der Waals surface area contributed by atoms with E-state index in [1.165, 1.54) is 21.7 Å².